The molecule has 2 aromatic carbocycles. The fraction of sp³-hybridized carbons (Fsp3) is 0.0526. The predicted molar refractivity (Wildman–Crippen MR) is 106 cm³/mol. The van der Waals surface area contributed by atoms with E-state index in [9.17, 15) is 9.59 Å². The summed E-state index contributed by atoms with van der Waals surface area (Å²) >= 11 is 18.2. The molecule has 3 aromatic rings. The van der Waals surface area contributed by atoms with Crippen molar-refractivity contribution in [3.8, 4) is 0 Å². The zero-order valence-electron chi connectivity index (χ0n) is 13.4. The summed E-state index contributed by atoms with van der Waals surface area (Å²) in [6.45, 7) is 0.261. The first kappa shape index (κ1) is 18.5. The number of nitrogens with one attached hydrogen (secondary N) is 1. The molecule has 1 amide bonds. The number of benzene rings is 2. The summed E-state index contributed by atoms with van der Waals surface area (Å²) in [5, 5.41) is 3.70. The van der Waals surface area contributed by atoms with Crippen molar-refractivity contribution in [1.82, 2.24) is 4.57 Å². The van der Waals surface area contributed by atoms with Crippen LogP contribution >= 0.6 is 34.8 Å². The molecule has 132 valence electrons. The van der Waals surface area contributed by atoms with Crippen LogP contribution < -0.4 is 10.9 Å². The third kappa shape index (κ3) is 3.93. The zero-order valence-corrected chi connectivity index (χ0v) is 15.6. The summed E-state index contributed by atoms with van der Waals surface area (Å²) in [6.07, 6.45) is 1.61. The molecule has 0 unspecified atom stereocenters. The molecule has 1 aromatic heterocycles. The quantitative estimate of drug-likeness (QED) is 0.653. The van der Waals surface area contributed by atoms with Crippen molar-refractivity contribution in [2.45, 2.75) is 6.54 Å². The standard InChI is InChI=1S/C19H13Cl3N2O2/c20-14-7-2-1-5-12(14)11-24-10-4-6-13(19(24)26)18(25)23-16-9-3-8-15(21)17(16)22/h1-10H,11H2,(H,23,25). The lowest BCUT2D eigenvalue weighted by Crippen LogP contribution is -2.29. The molecule has 0 saturated carbocycles. The highest BCUT2D eigenvalue weighted by Crippen LogP contribution is 2.29. The third-order valence-corrected chi connectivity index (χ3v) is 4.95. The van der Waals surface area contributed by atoms with Crippen LogP contribution in [-0.4, -0.2) is 10.5 Å². The van der Waals surface area contributed by atoms with Gasteiger partial charge in [0.05, 0.1) is 22.3 Å². The van der Waals surface area contributed by atoms with Gasteiger partial charge in [0.15, 0.2) is 0 Å². The molecule has 0 atom stereocenters. The zero-order chi connectivity index (χ0) is 18.7. The Labute approximate surface area is 164 Å². The van der Waals surface area contributed by atoms with Crippen LogP contribution in [0.2, 0.25) is 15.1 Å². The van der Waals surface area contributed by atoms with Gasteiger partial charge in [0, 0.05) is 11.2 Å². The summed E-state index contributed by atoms with van der Waals surface area (Å²) in [7, 11) is 0. The Morgan fingerprint density at radius 1 is 0.923 bits per heavy atom. The fourth-order valence-electron chi connectivity index (χ4n) is 2.43. The smallest absolute Gasteiger partial charge is 0.263 e. The van der Waals surface area contributed by atoms with Crippen molar-refractivity contribution >= 4 is 46.4 Å². The summed E-state index contributed by atoms with van der Waals surface area (Å²) < 4.78 is 1.43. The molecule has 0 bridgehead atoms. The second-order valence-corrected chi connectivity index (χ2v) is 6.69. The summed E-state index contributed by atoms with van der Waals surface area (Å²) in [6, 6.07) is 15.2. The van der Waals surface area contributed by atoms with E-state index in [1.807, 2.05) is 18.2 Å². The molecule has 0 spiro atoms. The van der Waals surface area contributed by atoms with Crippen LogP contribution in [0.5, 0.6) is 0 Å². The van der Waals surface area contributed by atoms with Crippen molar-refractivity contribution in [1.29, 1.82) is 0 Å². The molecule has 0 aliphatic heterocycles. The number of carbonyl (C=O) groups excluding carboxylic acids is 1. The Hall–Kier alpha value is -2.27. The summed E-state index contributed by atoms with van der Waals surface area (Å²) in [5.41, 5.74) is 0.690. The van der Waals surface area contributed by atoms with Crippen molar-refractivity contribution in [3.63, 3.8) is 0 Å². The first-order valence-corrected chi connectivity index (χ1v) is 8.79. The highest BCUT2D eigenvalue weighted by atomic mass is 35.5. The average molecular weight is 408 g/mol. The van der Waals surface area contributed by atoms with Crippen molar-refractivity contribution in [2.75, 3.05) is 5.32 Å². The largest absolute Gasteiger partial charge is 0.320 e. The van der Waals surface area contributed by atoms with Gasteiger partial charge in [0.25, 0.3) is 11.5 Å². The molecule has 3 rings (SSSR count). The number of nitrogens with zero attached hydrogens (tertiary/aromatic N) is 1. The molecule has 0 aliphatic rings. The number of rotatable bonds is 4. The van der Waals surface area contributed by atoms with Crippen LogP contribution in [0, 0.1) is 0 Å². The molecule has 26 heavy (non-hydrogen) atoms. The van der Waals surface area contributed by atoms with Gasteiger partial charge >= 0.3 is 0 Å². The highest BCUT2D eigenvalue weighted by molar-refractivity contribution is 6.44. The Morgan fingerprint density at radius 2 is 1.65 bits per heavy atom. The van der Waals surface area contributed by atoms with Gasteiger partial charge < -0.3 is 9.88 Å². The maximum atomic E-state index is 12.7. The number of amides is 1. The average Bonchev–Trinajstić information content (AvgIpc) is 2.62. The van der Waals surface area contributed by atoms with Crippen molar-refractivity contribution in [3.05, 3.63) is 97.3 Å². The van der Waals surface area contributed by atoms with E-state index in [2.05, 4.69) is 5.32 Å². The van der Waals surface area contributed by atoms with Gasteiger partial charge in [-0.15, -0.1) is 0 Å². The number of carbonyl (C=O) groups is 1. The maximum Gasteiger partial charge on any atom is 0.263 e. The summed E-state index contributed by atoms with van der Waals surface area (Å²) in [5.74, 6) is -0.562. The van der Waals surface area contributed by atoms with E-state index in [1.54, 1.807) is 36.5 Å². The molecule has 0 fully saturated rings. The van der Waals surface area contributed by atoms with E-state index >= 15 is 0 Å². The Kier molecular flexibility index (Phi) is 5.67. The Morgan fingerprint density at radius 3 is 2.42 bits per heavy atom. The van der Waals surface area contributed by atoms with E-state index in [-0.39, 0.29) is 17.1 Å². The number of halogens is 3. The molecule has 0 aliphatic carbocycles. The van der Waals surface area contributed by atoms with Gasteiger partial charge in [-0.2, -0.15) is 0 Å². The van der Waals surface area contributed by atoms with Gasteiger partial charge in [-0.05, 0) is 35.9 Å². The summed E-state index contributed by atoms with van der Waals surface area (Å²) in [4.78, 5) is 25.2. The lowest BCUT2D eigenvalue weighted by atomic mass is 10.2. The second kappa shape index (κ2) is 7.96. The molecule has 1 N–H and O–H groups in total. The number of anilines is 1. The number of hydrogen-bond donors (Lipinski definition) is 1. The molecule has 0 radical (unpaired) electrons. The van der Waals surface area contributed by atoms with Gasteiger partial charge in [-0.1, -0.05) is 59.1 Å². The van der Waals surface area contributed by atoms with E-state index in [1.165, 1.54) is 10.6 Å². The molecular weight excluding hydrogens is 395 g/mol. The molecular formula is C19H13Cl3N2O2. The van der Waals surface area contributed by atoms with Crippen molar-refractivity contribution < 1.29 is 4.79 Å². The van der Waals surface area contributed by atoms with Crippen LogP contribution in [0.15, 0.2) is 65.6 Å². The van der Waals surface area contributed by atoms with E-state index in [0.29, 0.717) is 15.7 Å². The van der Waals surface area contributed by atoms with Gasteiger partial charge in [0.1, 0.15) is 5.56 Å². The lowest BCUT2D eigenvalue weighted by molar-refractivity contribution is 0.102. The monoisotopic (exact) mass is 406 g/mol. The second-order valence-electron chi connectivity index (χ2n) is 5.50. The van der Waals surface area contributed by atoms with Gasteiger partial charge in [-0.25, -0.2) is 0 Å². The predicted octanol–water partition coefficient (Wildman–Crippen LogP) is 5.11. The van der Waals surface area contributed by atoms with Gasteiger partial charge in [-0.3, -0.25) is 9.59 Å². The lowest BCUT2D eigenvalue weighted by Gasteiger charge is -2.11. The highest BCUT2D eigenvalue weighted by Gasteiger charge is 2.15. The first-order chi connectivity index (χ1) is 12.5. The van der Waals surface area contributed by atoms with E-state index in [4.69, 9.17) is 34.8 Å². The minimum absolute atomic E-state index is 0.00408. The Balaban J connectivity index is 1.89. The molecule has 0 saturated heterocycles. The topological polar surface area (TPSA) is 51.1 Å². The van der Waals surface area contributed by atoms with Gasteiger partial charge in [0.2, 0.25) is 0 Å². The van der Waals surface area contributed by atoms with E-state index in [0.717, 1.165) is 5.56 Å². The van der Waals surface area contributed by atoms with Crippen LogP contribution in [0.1, 0.15) is 15.9 Å². The molecule has 7 heteroatoms. The van der Waals surface area contributed by atoms with Crippen LogP contribution in [0.25, 0.3) is 0 Å². The minimum Gasteiger partial charge on any atom is -0.320 e. The normalized spacial score (nSPS) is 10.6. The number of aromatic nitrogens is 1. The van der Waals surface area contributed by atoms with Crippen molar-refractivity contribution in [2.24, 2.45) is 0 Å². The third-order valence-electron chi connectivity index (χ3n) is 3.76. The minimum atomic E-state index is -0.562. The van der Waals surface area contributed by atoms with Crippen LogP contribution in [0.4, 0.5) is 5.69 Å². The SMILES string of the molecule is O=C(Nc1cccc(Cl)c1Cl)c1cccn(Cc2ccccc2Cl)c1=O. The number of hydrogen-bond acceptors (Lipinski definition) is 2. The maximum absolute atomic E-state index is 12.7. The number of pyridine rings is 1. The first-order valence-electron chi connectivity index (χ1n) is 7.65. The van der Waals surface area contributed by atoms with Crippen LogP contribution in [0.3, 0.4) is 0 Å². The van der Waals surface area contributed by atoms with E-state index < -0.39 is 11.5 Å². The van der Waals surface area contributed by atoms with Crippen LogP contribution in [-0.2, 0) is 6.54 Å². The molecule has 4 nitrogen and oxygen atoms in total. The molecule has 1 heterocycles. The fourth-order valence-corrected chi connectivity index (χ4v) is 2.98. The Bertz CT molecular complexity index is 1030.